The molecule has 1 aromatic carbocycles. The van der Waals surface area contributed by atoms with Crippen LogP contribution in [0, 0.1) is 6.92 Å². The molecule has 1 heterocycles. The zero-order valence-electron chi connectivity index (χ0n) is 9.14. The second-order valence-electron chi connectivity index (χ2n) is 3.57. The minimum Gasteiger partial charge on any atom is -0.399 e. The van der Waals surface area contributed by atoms with Gasteiger partial charge in [0.2, 0.25) is 0 Å². The Morgan fingerprint density at radius 2 is 2.19 bits per heavy atom. The Kier molecular flexibility index (Phi) is 3.00. The molecule has 4 nitrogen and oxygen atoms in total. The summed E-state index contributed by atoms with van der Waals surface area (Å²) in [7, 11) is 0. The highest BCUT2D eigenvalue weighted by Gasteiger charge is 1.96. The molecule has 82 valence electrons. The van der Waals surface area contributed by atoms with Gasteiger partial charge in [-0.3, -0.25) is 0 Å². The largest absolute Gasteiger partial charge is 0.399 e. The summed E-state index contributed by atoms with van der Waals surface area (Å²) in [4.78, 5) is 8.36. The van der Waals surface area contributed by atoms with Crippen molar-refractivity contribution in [2.24, 2.45) is 0 Å². The van der Waals surface area contributed by atoms with Crippen molar-refractivity contribution >= 4 is 11.4 Å². The fourth-order valence-corrected chi connectivity index (χ4v) is 1.44. The van der Waals surface area contributed by atoms with Crippen LogP contribution >= 0.6 is 0 Å². The van der Waals surface area contributed by atoms with Crippen LogP contribution in [0.3, 0.4) is 0 Å². The van der Waals surface area contributed by atoms with Crippen LogP contribution < -0.4 is 11.1 Å². The lowest BCUT2D eigenvalue weighted by Crippen LogP contribution is -2.03. The number of nitrogens with zero attached hydrogens (tertiary/aromatic N) is 2. The van der Waals surface area contributed by atoms with Gasteiger partial charge in [-0.25, -0.2) is 9.97 Å². The molecule has 16 heavy (non-hydrogen) atoms. The topological polar surface area (TPSA) is 63.8 Å². The molecule has 2 rings (SSSR count). The van der Waals surface area contributed by atoms with Crippen molar-refractivity contribution in [2.75, 3.05) is 11.1 Å². The zero-order valence-corrected chi connectivity index (χ0v) is 9.14. The molecular formula is C12H14N4. The summed E-state index contributed by atoms with van der Waals surface area (Å²) >= 11 is 0. The molecule has 0 saturated heterocycles. The molecule has 4 heteroatoms. The van der Waals surface area contributed by atoms with E-state index in [9.17, 15) is 0 Å². The van der Waals surface area contributed by atoms with Crippen LogP contribution in [-0.2, 0) is 6.54 Å². The first-order valence-electron chi connectivity index (χ1n) is 5.12. The van der Waals surface area contributed by atoms with E-state index in [0.717, 1.165) is 22.9 Å². The van der Waals surface area contributed by atoms with Crippen LogP contribution in [0.1, 0.15) is 11.5 Å². The van der Waals surface area contributed by atoms with E-state index in [4.69, 9.17) is 5.73 Å². The molecule has 0 unspecified atom stereocenters. The fourth-order valence-electron chi connectivity index (χ4n) is 1.44. The second kappa shape index (κ2) is 4.61. The van der Waals surface area contributed by atoms with Crippen LogP contribution in [-0.4, -0.2) is 9.97 Å². The summed E-state index contributed by atoms with van der Waals surface area (Å²) in [6, 6.07) is 9.55. The number of nitrogens with two attached hydrogens (primary N) is 1. The number of aryl methyl sites for hydroxylation is 1. The van der Waals surface area contributed by atoms with Crippen LogP contribution in [0.5, 0.6) is 0 Å². The third kappa shape index (κ3) is 2.70. The number of aromatic nitrogens is 2. The van der Waals surface area contributed by atoms with Crippen molar-refractivity contribution in [3.8, 4) is 0 Å². The van der Waals surface area contributed by atoms with Crippen molar-refractivity contribution in [3.05, 3.63) is 48.0 Å². The van der Waals surface area contributed by atoms with Gasteiger partial charge in [0.25, 0.3) is 0 Å². The smallest absolute Gasteiger partial charge is 0.125 e. The summed E-state index contributed by atoms with van der Waals surface area (Å²) in [5, 5.41) is 3.26. The number of nitrogen functional groups attached to an aromatic ring is 1. The SMILES string of the molecule is Cc1nccc(CNc2cccc(N)c2)n1. The predicted molar refractivity (Wildman–Crippen MR) is 65.0 cm³/mol. The van der Waals surface area contributed by atoms with Gasteiger partial charge in [0.1, 0.15) is 5.82 Å². The third-order valence-corrected chi connectivity index (χ3v) is 2.19. The molecule has 0 amide bonds. The van der Waals surface area contributed by atoms with Gasteiger partial charge in [0.15, 0.2) is 0 Å². The third-order valence-electron chi connectivity index (χ3n) is 2.19. The Labute approximate surface area is 94.5 Å². The number of benzene rings is 1. The predicted octanol–water partition coefficient (Wildman–Crippen LogP) is 1.98. The highest BCUT2D eigenvalue weighted by atomic mass is 14.9. The van der Waals surface area contributed by atoms with E-state index in [1.807, 2.05) is 37.3 Å². The van der Waals surface area contributed by atoms with Gasteiger partial charge in [-0.05, 0) is 31.2 Å². The number of anilines is 2. The summed E-state index contributed by atoms with van der Waals surface area (Å²) in [6.45, 7) is 2.55. The standard InChI is InChI=1S/C12H14N4/c1-9-14-6-5-12(16-9)8-15-11-4-2-3-10(13)7-11/h2-7,15H,8,13H2,1H3. The summed E-state index contributed by atoms with van der Waals surface area (Å²) < 4.78 is 0. The van der Waals surface area contributed by atoms with E-state index in [0.29, 0.717) is 6.54 Å². The minimum atomic E-state index is 0.673. The van der Waals surface area contributed by atoms with Gasteiger partial charge in [0, 0.05) is 17.6 Å². The lowest BCUT2D eigenvalue weighted by atomic mass is 10.3. The molecule has 1 aromatic heterocycles. The Morgan fingerprint density at radius 3 is 2.94 bits per heavy atom. The normalized spacial score (nSPS) is 10.1. The Balaban J connectivity index is 2.02. The molecule has 0 aliphatic heterocycles. The van der Waals surface area contributed by atoms with Gasteiger partial charge in [-0.15, -0.1) is 0 Å². The molecule has 0 aliphatic carbocycles. The molecule has 0 fully saturated rings. The zero-order chi connectivity index (χ0) is 11.4. The van der Waals surface area contributed by atoms with Gasteiger partial charge < -0.3 is 11.1 Å². The lowest BCUT2D eigenvalue weighted by Gasteiger charge is -2.06. The number of rotatable bonds is 3. The first-order chi connectivity index (χ1) is 7.74. The summed E-state index contributed by atoms with van der Waals surface area (Å²) in [5.41, 5.74) is 8.40. The quantitative estimate of drug-likeness (QED) is 0.767. The van der Waals surface area contributed by atoms with E-state index < -0.39 is 0 Å². The molecule has 3 N–H and O–H groups in total. The van der Waals surface area contributed by atoms with Gasteiger partial charge in [0.05, 0.1) is 12.2 Å². The van der Waals surface area contributed by atoms with E-state index in [1.165, 1.54) is 0 Å². The molecule has 0 aliphatic rings. The molecule has 0 spiro atoms. The van der Waals surface area contributed by atoms with E-state index in [2.05, 4.69) is 15.3 Å². The van der Waals surface area contributed by atoms with Gasteiger partial charge >= 0.3 is 0 Å². The lowest BCUT2D eigenvalue weighted by molar-refractivity contribution is 0.955. The number of nitrogens with one attached hydrogen (secondary N) is 1. The number of hydrogen-bond donors (Lipinski definition) is 2. The van der Waals surface area contributed by atoms with E-state index in [1.54, 1.807) is 6.20 Å². The van der Waals surface area contributed by atoms with Gasteiger partial charge in [-0.2, -0.15) is 0 Å². The highest BCUT2D eigenvalue weighted by molar-refractivity contribution is 5.54. The summed E-state index contributed by atoms with van der Waals surface area (Å²) in [5.74, 6) is 0.784. The summed E-state index contributed by atoms with van der Waals surface area (Å²) in [6.07, 6.45) is 1.76. The van der Waals surface area contributed by atoms with Crippen molar-refractivity contribution in [2.45, 2.75) is 13.5 Å². The van der Waals surface area contributed by atoms with Crippen LogP contribution in [0.15, 0.2) is 36.5 Å². The van der Waals surface area contributed by atoms with Crippen LogP contribution in [0.2, 0.25) is 0 Å². The Bertz CT molecular complexity index is 436. The molecule has 0 bridgehead atoms. The molecule has 0 atom stereocenters. The fraction of sp³-hybridized carbons (Fsp3) is 0.167. The number of hydrogen-bond acceptors (Lipinski definition) is 4. The molecular weight excluding hydrogens is 200 g/mol. The maximum absolute atomic E-state index is 5.69. The van der Waals surface area contributed by atoms with Crippen LogP contribution in [0.25, 0.3) is 0 Å². The minimum absolute atomic E-state index is 0.673. The van der Waals surface area contributed by atoms with E-state index >= 15 is 0 Å². The molecule has 0 saturated carbocycles. The van der Waals surface area contributed by atoms with Gasteiger partial charge in [-0.1, -0.05) is 6.07 Å². The molecule has 0 radical (unpaired) electrons. The van der Waals surface area contributed by atoms with Crippen LogP contribution in [0.4, 0.5) is 11.4 Å². The highest BCUT2D eigenvalue weighted by Crippen LogP contribution is 2.12. The average molecular weight is 214 g/mol. The first kappa shape index (κ1) is 10.4. The second-order valence-corrected chi connectivity index (χ2v) is 3.57. The van der Waals surface area contributed by atoms with Crippen molar-refractivity contribution < 1.29 is 0 Å². The molecule has 2 aromatic rings. The van der Waals surface area contributed by atoms with Crippen molar-refractivity contribution in [1.29, 1.82) is 0 Å². The Hall–Kier alpha value is -2.10. The average Bonchev–Trinajstić information content (AvgIpc) is 2.27. The van der Waals surface area contributed by atoms with Crippen molar-refractivity contribution in [3.63, 3.8) is 0 Å². The monoisotopic (exact) mass is 214 g/mol. The maximum Gasteiger partial charge on any atom is 0.125 e. The van der Waals surface area contributed by atoms with E-state index in [-0.39, 0.29) is 0 Å². The first-order valence-corrected chi connectivity index (χ1v) is 5.12. The maximum atomic E-state index is 5.69. The Morgan fingerprint density at radius 1 is 1.31 bits per heavy atom. The van der Waals surface area contributed by atoms with Crippen molar-refractivity contribution in [1.82, 2.24) is 9.97 Å².